The summed E-state index contributed by atoms with van der Waals surface area (Å²) < 4.78 is 0. The number of benzene rings is 2. The minimum Gasteiger partial charge on any atom is -0.362 e. The number of nitrogens with zero attached hydrogens (tertiary/aromatic N) is 3. The number of rotatable bonds is 6. The zero-order chi connectivity index (χ0) is 24.4. The van der Waals surface area contributed by atoms with Crippen molar-refractivity contribution in [2.45, 2.75) is 44.7 Å². The lowest BCUT2D eigenvalue weighted by Crippen LogP contribution is -2.40. The Morgan fingerprint density at radius 1 is 0.971 bits per heavy atom. The van der Waals surface area contributed by atoms with Crippen LogP contribution in [0.1, 0.15) is 41.6 Å². The van der Waals surface area contributed by atoms with Crippen LogP contribution >= 0.6 is 11.3 Å². The van der Waals surface area contributed by atoms with Crippen LogP contribution in [0, 0.1) is 6.92 Å². The number of nitrogens with one attached hydrogen (secondary N) is 2. The van der Waals surface area contributed by atoms with Gasteiger partial charge >= 0.3 is 0 Å². The first kappa shape index (κ1) is 23.3. The van der Waals surface area contributed by atoms with Gasteiger partial charge in [-0.3, -0.25) is 4.79 Å². The zero-order valence-electron chi connectivity index (χ0n) is 20.4. The van der Waals surface area contributed by atoms with Crippen LogP contribution in [0.5, 0.6) is 0 Å². The molecule has 2 aromatic carbocycles. The number of aromatic nitrogens is 2. The van der Waals surface area contributed by atoms with E-state index in [-0.39, 0.29) is 11.9 Å². The van der Waals surface area contributed by atoms with Gasteiger partial charge in [-0.05, 0) is 56.4 Å². The molecule has 0 spiro atoms. The van der Waals surface area contributed by atoms with Crippen LogP contribution < -0.4 is 15.5 Å². The van der Waals surface area contributed by atoms with Gasteiger partial charge in [0.25, 0.3) is 5.91 Å². The summed E-state index contributed by atoms with van der Waals surface area (Å²) in [5.74, 6) is 1.60. The highest BCUT2D eigenvalue weighted by Crippen LogP contribution is 2.29. The Bertz CT molecular complexity index is 1320. The van der Waals surface area contributed by atoms with Crippen LogP contribution in [-0.2, 0) is 0 Å². The van der Waals surface area contributed by atoms with Crippen LogP contribution in [0.2, 0.25) is 0 Å². The van der Waals surface area contributed by atoms with E-state index in [0.29, 0.717) is 12.0 Å². The lowest BCUT2D eigenvalue weighted by molar-refractivity contribution is 0.0927. The number of hydrogen-bond acceptors (Lipinski definition) is 6. The third kappa shape index (κ3) is 5.30. The molecule has 0 unspecified atom stereocenters. The molecule has 5 rings (SSSR count). The van der Waals surface area contributed by atoms with Gasteiger partial charge in [0.2, 0.25) is 5.95 Å². The molecule has 7 heteroatoms. The number of amides is 1. The molecule has 6 nitrogen and oxygen atoms in total. The summed E-state index contributed by atoms with van der Waals surface area (Å²) in [7, 11) is 4.01. The Morgan fingerprint density at radius 3 is 2.43 bits per heavy atom. The van der Waals surface area contributed by atoms with E-state index in [1.807, 2.05) is 48.6 Å². The molecular weight excluding hydrogens is 454 g/mol. The van der Waals surface area contributed by atoms with Gasteiger partial charge in [0.05, 0.1) is 11.1 Å². The lowest BCUT2D eigenvalue weighted by atomic mass is 9.91. The standard InChI is InChI=1S/C28H31N5OS/c1-18-8-10-19(11-9-18)25-16-20(17-35-25)27(34)29-21-12-14-22(15-13-21)30-28-31-24-7-5-4-6-23(24)26(32-28)33(2)3/h4-11,16-17,21-22H,12-15H2,1-3H3,(H,29,34)(H,30,31,32)/t21-,22+. The van der Waals surface area contributed by atoms with Crippen molar-refractivity contribution >= 4 is 39.9 Å². The SMILES string of the molecule is Cc1ccc(-c2cc(C(=O)N[C@H]3CC[C@@H](Nc4nc(N(C)C)c5ccccc5n4)CC3)cs2)cc1. The number of anilines is 2. The predicted molar refractivity (Wildman–Crippen MR) is 145 cm³/mol. The topological polar surface area (TPSA) is 70.2 Å². The predicted octanol–water partition coefficient (Wildman–Crippen LogP) is 5.89. The molecule has 1 amide bonds. The monoisotopic (exact) mass is 485 g/mol. The molecule has 2 aromatic heterocycles. The summed E-state index contributed by atoms with van der Waals surface area (Å²) >= 11 is 1.62. The molecule has 0 saturated heterocycles. The van der Waals surface area contributed by atoms with E-state index in [1.165, 1.54) is 5.56 Å². The third-order valence-corrected chi connectivity index (χ3v) is 7.58. The van der Waals surface area contributed by atoms with Crippen molar-refractivity contribution in [3.05, 3.63) is 71.1 Å². The molecular formula is C28H31N5OS. The van der Waals surface area contributed by atoms with Crippen molar-refractivity contribution in [1.29, 1.82) is 0 Å². The van der Waals surface area contributed by atoms with E-state index >= 15 is 0 Å². The van der Waals surface area contributed by atoms with E-state index in [2.05, 4.69) is 47.9 Å². The van der Waals surface area contributed by atoms with Crippen LogP contribution in [0.3, 0.4) is 0 Å². The smallest absolute Gasteiger partial charge is 0.252 e. The minimum absolute atomic E-state index is 0.0181. The first-order valence-electron chi connectivity index (χ1n) is 12.1. The second-order valence-corrected chi connectivity index (χ2v) is 10.4. The summed E-state index contributed by atoms with van der Waals surface area (Å²) in [6.07, 6.45) is 3.81. The van der Waals surface area contributed by atoms with Crippen LogP contribution in [-0.4, -0.2) is 42.1 Å². The van der Waals surface area contributed by atoms with Crippen LogP contribution in [0.15, 0.2) is 60.0 Å². The highest BCUT2D eigenvalue weighted by Gasteiger charge is 2.24. The molecule has 2 heterocycles. The molecule has 35 heavy (non-hydrogen) atoms. The normalized spacial score (nSPS) is 17.8. The number of carbonyl (C=O) groups is 1. The largest absolute Gasteiger partial charge is 0.362 e. The fraction of sp³-hybridized carbons (Fsp3) is 0.321. The Balaban J connectivity index is 1.18. The minimum atomic E-state index is 0.0181. The highest BCUT2D eigenvalue weighted by molar-refractivity contribution is 7.13. The van der Waals surface area contributed by atoms with Gasteiger partial charge in [-0.1, -0.05) is 42.0 Å². The highest BCUT2D eigenvalue weighted by atomic mass is 32.1. The molecule has 1 saturated carbocycles. The zero-order valence-corrected chi connectivity index (χ0v) is 21.2. The summed E-state index contributed by atoms with van der Waals surface area (Å²) in [5.41, 5.74) is 4.07. The maximum absolute atomic E-state index is 12.9. The molecule has 1 aliphatic rings. The van der Waals surface area contributed by atoms with Gasteiger partial charge < -0.3 is 15.5 Å². The van der Waals surface area contributed by atoms with E-state index in [4.69, 9.17) is 9.97 Å². The molecule has 1 fully saturated rings. The fourth-order valence-electron chi connectivity index (χ4n) is 4.62. The van der Waals surface area contributed by atoms with E-state index < -0.39 is 0 Å². The van der Waals surface area contributed by atoms with Crippen molar-refractivity contribution in [2.24, 2.45) is 0 Å². The maximum Gasteiger partial charge on any atom is 0.252 e. The van der Waals surface area contributed by atoms with Gasteiger partial charge in [-0.2, -0.15) is 4.98 Å². The molecule has 0 radical (unpaired) electrons. The Hall–Kier alpha value is -3.45. The lowest BCUT2D eigenvalue weighted by Gasteiger charge is -2.30. The maximum atomic E-state index is 12.9. The van der Waals surface area contributed by atoms with Crippen molar-refractivity contribution in [1.82, 2.24) is 15.3 Å². The van der Waals surface area contributed by atoms with Gasteiger partial charge in [-0.15, -0.1) is 11.3 Å². The first-order chi connectivity index (χ1) is 17.0. The molecule has 0 aliphatic heterocycles. The van der Waals surface area contributed by atoms with E-state index in [9.17, 15) is 4.79 Å². The quantitative estimate of drug-likeness (QED) is 0.357. The average molecular weight is 486 g/mol. The number of carbonyl (C=O) groups excluding carboxylic acids is 1. The molecule has 2 N–H and O–H groups in total. The second kappa shape index (κ2) is 10.0. The number of aryl methyl sites for hydroxylation is 1. The van der Waals surface area contributed by atoms with Crippen molar-refractivity contribution in [3.8, 4) is 10.4 Å². The first-order valence-corrected chi connectivity index (χ1v) is 13.0. The van der Waals surface area contributed by atoms with Crippen LogP contribution in [0.25, 0.3) is 21.3 Å². The summed E-state index contributed by atoms with van der Waals surface area (Å²) in [6, 6.07) is 19.0. The Kier molecular flexibility index (Phi) is 6.68. The van der Waals surface area contributed by atoms with Crippen LogP contribution in [0.4, 0.5) is 11.8 Å². The van der Waals surface area contributed by atoms with E-state index in [1.54, 1.807) is 11.3 Å². The summed E-state index contributed by atoms with van der Waals surface area (Å²) in [4.78, 5) is 25.5. The number of hydrogen-bond donors (Lipinski definition) is 2. The number of fused-ring (bicyclic) bond motifs is 1. The van der Waals surface area contributed by atoms with Gasteiger partial charge in [-0.25, -0.2) is 4.98 Å². The van der Waals surface area contributed by atoms with Crippen molar-refractivity contribution < 1.29 is 4.79 Å². The number of thiophene rings is 1. The second-order valence-electron chi connectivity index (χ2n) is 9.51. The van der Waals surface area contributed by atoms with E-state index in [0.717, 1.165) is 58.4 Å². The molecule has 1 aliphatic carbocycles. The summed E-state index contributed by atoms with van der Waals surface area (Å²) in [5, 5.41) is 9.79. The van der Waals surface area contributed by atoms with Gasteiger partial charge in [0.15, 0.2) is 0 Å². The third-order valence-electron chi connectivity index (χ3n) is 6.60. The average Bonchev–Trinajstić information content (AvgIpc) is 3.36. The molecule has 0 atom stereocenters. The molecule has 180 valence electrons. The fourth-order valence-corrected chi connectivity index (χ4v) is 5.52. The van der Waals surface area contributed by atoms with Crippen molar-refractivity contribution in [3.63, 3.8) is 0 Å². The molecule has 4 aromatic rings. The van der Waals surface area contributed by atoms with Gasteiger partial charge in [0, 0.05) is 41.8 Å². The van der Waals surface area contributed by atoms with Gasteiger partial charge in [0.1, 0.15) is 5.82 Å². The Labute approximate surface area is 210 Å². The Morgan fingerprint density at radius 2 is 1.69 bits per heavy atom. The molecule has 0 bridgehead atoms. The number of para-hydroxylation sites is 1. The van der Waals surface area contributed by atoms with Crippen molar-refractivity contribution in [2.75, 3.05) is 24.3 Å². The summed E-state index contributed by atoms with van der Waals surface area (Å²) in [6.45, 7) is 2.08.